The van der Waals surface area contributed by atoms with Crippen molar-refractivity contribution in [1.29, 1.82) is 0 Å². The molecule has 1 amide bonds. The zero-order valence-electron chi connectivity index (χ0n) is 10.0. The molecule has 1 heterocycles. The van der Waals surface area contributed by atoms with E-state index in [0.29, 0.717) is 11.0 Å². The molecular weight excluding hydrogens is 222 g/mol. The van der Waals surface area contributed by atoms with Gasteiger partial charge in [-0.25, -0.2) is 0 Å². The van der Waals surface area contributed by atoms with Gasteiger partial charge in [0.25, 0.3) is 0 Å². The average Bonchev–Trinajstić information content (AvgIpc) is 2.61. The van der Waals surface area contributed by atoms with Gasteiger partial charge in [-0.3, -0.25) is 9.69 Å². The van der Waals surface area contributed by atoms with Crippen LogP contribution in [0.2, 0.25) is 0 Å². The molecule has 0 saturated carbocycles. The Labute approximate surface area is 103 Å². The van der Waals surface area contributed by atoms with E-state index in [4.69, 9.17) is 18.0 Å². The fourth-order valence-corrected chi connectivity index (χ4v) is 2.48. The van der Waals surface area contributed by atoms with Gasteiger partial charge in [-0.1, -0.05) is 19.1 Å². The normalized spacial score (nSPS) is 23.0. The molecule has 1 fully saturated rings. The van der Waals surface area contributed by atoms with Crippen LogP contribution in [0.1, 0.15) is 33.1 Å². The van der Waals surface area contributed by atoms with Crippen molar-refractivity contribution in [2.45, 2.75) is 45.2 Å². The van der Waals surface area contributed by atoms with E-state index in [9.17, 15) is 4.79 Å². The van der Waals surface area contributed by atoms with E-state index >= 15 is 0 Å². The Balaban J connectivity index is 2.43. The van der Waals surface area contributed by atoms with Gasteiger partial charge in [-0.05, 0) is 12.8 Å². The van der Waals surface area contributed by atoms with Crippen LogP contribution >= 0.6 is 12.2 Å². The van der Waals surface area contributed by atoms with Gasteiger partial charge in [0.2, 0.25) is 5.91 Å². The molecule has 16 heavy (non-hydrogen) atoms. The van der Waals surface area contributed by atoms with Gasteiger partial charge in [-0.15, -0.1) is 0 Å². The predicted octanol–water partition coefficient (Wildman–Crippen LogP) is 0.652. The highest BCUT2D eigenvalue weighted by Crippen LogP contribution is 2.17. The summed E-state index contributed by atoms with van der Waals surface area (Å²) in [6, 6.07) is 0.717. The molecule has 0 radical (unpaired) electrons. The van der Waals surface area contributed by atoms with Crippen LogP contribution in [0, 0.1) is 0 Å². The summed E-state index contributed by atoms with van der Waals surface area (Å²) in [5, 5.41) is 2.96. The summed E-state index contributed by atoms with van der Waals surface area (Å²) in [5.41, 5.74) is 5.59. The molecule has 2 unspecified atom stereocenters. The maximum absolute atomic E-state index is 11.0. The van der Waals surface area contributed by atoms with E-state index < -0.39 is 0 Å². The first-order valence-corrected chi connectivity index (χ1v) is 6.23. The number of rotatable bonds is 5. The largest absolute Gasteiger partial charge is 0.393 e. The molecule has 92 valence electrons. The molecular formula is C11H21N3OS. The van der Waals surface area contributed by atoms with Gasteiger partial charge in [0, 0.05) is 38.5 Å². The summed E-state index contributed by atoms with van der Waals surface area (Å²) in [4.78, 5) is 13.9. The SMILES string of the molecule is CCC(CC(N)=S)N1CCC(NC(C)=O)C1. The van der Waals surface area contributed by atoms with Crippen molar-refractivity contribution in [3.8, 4) is 0 Å². The quantitative estimate of drug-likeness (QED) is 0.696. The highest BCUT2D eigenvalue weighted by Gasteiger charge is 2.27. The van der Waals surface area contributed by atoms with E-state index in [-0.39, 0.29) is 11.9 Å². The van der Waals surface area contributed by atoms with Crippen molar-refractivity contribution in [3.63, 3.8) is 0 Å². The van der Waals surface area contributed by atoms with Gasteiger partial charge in [-0.2, -0.15) is 0 Å². The van der Waals surface area contributed by atoms with Crippen molar-refractivity contribution in [3.05, 3.63) is 0 Å². The molecule has 0 bridgehead atoms. The maximum Gasteiger partial charge on any atom is 0.217 e. The molecule has 0 aromatic carbocycles. The summed E-state index contributed by atoms with van der Waals surface area (Å²) in [5.74, 6) is 0.0502. The second-order valence-electron chi connectivity index (χ2n) is 4.41. The first-order valence-electron chi connectivity index (χ1n) is 5.82. The molecule has 1 aliphatic rings. The van der Waals surface area contributed by atoms with Crippen LogP contribution in [0.25, 0.3) is 0 Å². The second-order valence-corrected chi connectivity index (χ2v) is 4.94. The second kappa shape index (κ2) is 6.15. The van der Waals surface area contributed by atoms with Gasteiger partial charge in [0.15, 0.2) is 0 Å². The van der Waals surface area contributed by atoms with E-state index in [0.717, 1.165) is 32.4 Å². The number of nitrogens with one attached hydrogen (secondary N) is 1. The zero-order chi connectivity index (χ0) is 12.1. The number of thiocarbonyl (C=S) groups is 1. The van der Waals surface area contributed by atoms with Crippen LogP contribution < -0.4 is 11.1 Å². The molecule has 0 aromatic rings. The number of carbonyl (C=O) groups is 1. The molecule has 1 saturated heterocycles. The van der Waals surface area contributed by atoms with Crippen LogP contribution in [-0.2, 0) is 4.79 Å². The Morgan fingerprint density at radius 2 is 2.38 bits per heavy atom. The first-order chi connectivity index (χ1) is 7.52. The lowest BCUT2D eigenvalue weighted by Gasteiger charge is -2.26. The minimum absolute atomic E-state index is 0.0502. The Morgan fingerprint density at radius 3 is 2.88 bits per heavy atom. The van der Waals surface area contributed by atoms with Crippen LogP contribution in [-0.4, -0.2) is 41.0 Å². The maximum atomic E-state index is 11.0. The highest BCUT2D eigenvalue weighted by molar-refractivity contribution is 7.80. The van der Waals surface area contributed by atoms with Crippen LogP contribution in [0.15, 0.2) is 0 Å². The minimum Gasteiger partial charge on any atom is -0.393 e. The topological polar surface area (TPSA) is 58.4 Å². The number of likely N-dealkylation sites (tertiary alicyclic amines) is 1. The molecule has 4 nitrogen and oxygen atoms in total. The van der Waals surface area contributed by atoms with E-state index in [1.165, 1.54) is 0 Å². The van der Waals surface area contributed by atoms with E-state index in [2.05, 4.69) is 17.1 Å². The van der Waals surface area contributed by atoms with Crippen molar-refractivity contribution in [2.75, 3.05) is 13.1 Å². The summed E-state index contributed by atoms with van der Waals surface area (Å²) < 4.78 is 0. The summed E-state index contributed by atoms with van der Waals surface area (Å²) in [6.07, 6.45) is 2.84. The number of hydrogen-bond acceptors (Lipinski definition) is 3. The van der Waals surface area contributed by atoms with Crippen LogP contribution in [0.3, 0.4) is 0 Å². The summed E-state index contributed by atoms with van der Waals surface area (Å²) >= 11 is 4.95. The van der Waals surface area contributed by atoms with E-state index in [1.807, 2.05) is 0 Å². The highest BCUT2D eigenvalue weighted by atomic mass is 32.1. The number of amides is 1. The fourth-order valence-electron chi connectivity index (χ4n) is 2.29. The van der Waals surface area contributed by atoms with Crippen molar-refractivity contribution >= 4 is 23.1 Å². The Kier molecular flexibility index (Phi) is 5.15. The van der Waals surface area contributed by atoms with E-state index in [1.54, 1.807) is 6.92 Å². The first kappa shape index (κ1) is 13.4. The minimum atomic E-state index is 0.0502. The lowest BCUT2D eigenvalue weighted by atomic mass is 10.1. The smallest absolute Gasteiger partial charge is 0.217 e. The summed E-state index contributed by atoms with van der Waals surface area (Å²) in [7, 11) is 0. The van der Waals surface area contributed by atoms with Gasteiger partial charge >= 0.3 is 0 Å². The van der Waals surface area contributed by atoms with Crippen LogP contribution in [0.4, 0.5) is 0 Å². The fraction of sp³-hybridized carbons (Fsp3) is 0.818. The molecule has 5 heteroatoms. The molecule has 0 aromatic heterocycles. The Bertz CT molecular complexity index is 270. The Morgan fingerprint density at radius 1 is 1.69 bits per heavy atom. The van der Waals surface area contributed by atoms with Crippen molar-refractivity contribution in [2.24, 2.45) is 5.73 Å². The molecule has 2 atom stereocenters. The number of hydrogen-bond donors (Lipinski definition) is 2. The molecule has 0 spiro atoms. The lowest BCUT2D eigenvalue weighted by molar-refractivity contribution is -0.119. The third-order valence-electron chi connectivity index (χ3n) is 3.05. The molecule has 3 N–H and O–H groups in total. The standard InChI is InChI=1S/C11H21N3OS/c1-3-10(6-11(12)16)14-5-4-9(7-14)13-8(2)15/h9-10H,3-7H2,1-2H3,(H2,12,16)(H,13,15). The number of nitrogens with two attached hydrogens (primary N) is 1. The van der Waals surface area contributed by atoms with Gasteiger partial charge in [0.05, 0.1) is 4.99 Å². The molecule has 0 aliphatic carbocycles. The monoisotopic (exact) mass is 243 g/mol. The van der Waals surface area contributed by atoms with Gasteiger partial charge in [0.1, 0.15) is 0 Å². The van der Waals surface area contributed by atoms with Crippen molar-refractivity contribution < 1.29 is 4.79 Å². The lowest BCUT2D eigenvalue weighted by Crippen LogP contribution is -2.40. The zero-order valence-corrected chi connectivity index (χ0v) is 10.8. The number of nitrogens with zero attached hydrogens (tertiary/aromatic N) is 1. The third kappa shape index (κ3) is 4.06. The van der Waals surface area contributed by atoms with Gasteiger partial charge < -0.3 is 11.1 Å². The Hall–Kier alpha value is -0.680. The molecule has 1 rings (SSSR count). The third-order valence-corrected chi connectivity index (χ3v) is 3.22. The molecule has 1 aliphatic heterocycles. The van der Waals surface area contributed by atoms with Crippen LogP contribution in [0.5, 0.6) is 0 Å². The number of carbonyl (C=O) groups excluding carboxylic acids is 1. The average molecular weight is 243 g/mol. The summed E-state index contributed by atoms with van der Waals surface area (Å²) in [6.45, 7) is 5.65. The predicted molar refractivity (Wildman–Crippen MR) is 69.3 cm³/mol. The van der Waals surface area contributed by atoms with Crippen molar-refractivity contribution in [1.82, 2.24) is 10.2 Å².